The maximum atomic E-state index is 5.43. The first-order chi connectivity index (χ1) is 4.34. The molecule has 0 spiro atoms. The lowest BCUT2D eigenvalue weighted by molar-refractivity contribution is 1.23. The number of nitrogen functional groups attached to an aromatic ring is 2. The van der Waals surface area contributed by atoms with Gasteiger partial charge in [0.2, 0.25) is 0 Å². The second kappa shape index (κ2) is 2.32. The van der Waals surface area contributed by atoms with Gasteiger partial charge in [0.1, 0.15) is 0 Å². The van der Waals surface area contributed by atoms with Crippen molar-refractivity contribution in [3.8, 4) is 0 Å². The molecule has 9 heavy (non-hydrogen) atoms. The highest BCUT2D eigenvalue weighted by molar-refractivity contribution is 5.59. The quantitative estimate of drug-likeness (QED) is 0.362. The molecule has 5 N–H and O–H groups in total. The Kier molecular flexibility index (Phi) is 1.51. The fourth-order valence-corrected chi connectivity index (χ4v) is 0.538. The van der Waals surface area contributed by atoms with Gasteiger partial charge in [0.15, 0.2) is 5.82 Å². The second-order valence-corrected chi connectivity index (χ2v) is 1.59. The van der Waals surface area contributed by atoms with Crippen molar-refractivity contribution in [3.05, 3.63) is 18.3 Å². The molecule has 0 atom stereocenters. The zero-order valence-corrected chi connectivity index (χ0v) is 4.83. The molecular formula is C5H8N4. The topological polar surface area (TPSA) is 77.0 Å². The van der Waals surface area contributed by atoms with Gasteiger partial charge < -0.3 is 11.2 Å². The summed E-state index contributed by atoms with van der Waals surface area (Å²) in [5, 5.41) is 0. The summed E-state index contributed by atoms with van der Waals surface area (Å²) in [6.45, 7) is 0. The highest BCUT2D eigenvalue weighted by Gasteiger charge is 1.91. The molecule has 0 radical (unpaired) electrons. The predicted octanol–water partition coefficient (Wildman–Crippen LogP) is -0.0506. The van der Waals surface area contributed by atoms with Crippen LogP contribution in [0.15, 0.2) is 18.3 Å². The van der Waals surface area contributed by atoms with Crippen LogP contribution in [0, 0.1) is 0 Å². The van der Waals surface area contributed by atoms with E-state index >= 15 is 0 Å². The van der Waals surface area contributed by atoms with Crippen LogP contribution in [-0.2, 0) is 0 Å². The molecule has 0 amide bonds. The third-order valence-electron chi connectivity index (χ3n) is 0.976. The third-order valence-corrected chi connectivity index (χ3v) is 0.976. The fourth-order valence-electron chi connectivity index (χ4n) is 0.538. The molecule has 4 heteroatoms. The third kappa shape index (κ3) is 1.09. The number of nitrogens with one attached hydrogen (secondary N) is 1. The summed E-state index contributed by atoms with van der Waals surface area (Å²) in [6, 6.07) is 3.47. The van der Waals surface area contributed by atoms with Crippen molar-refractivity contribution >= 4 is 11.5 Å². The Morgan fingerprint density at radius 2 is 2.33 bits per heavy atom. The van der Waals surface area contributed by atoms with E-state index in [-0.39, 0.29) is 0 Å². The highest BCUT2D eigenvalue weighted by Crippen LogP contribution is 2.09. The minimum Gasteiger partial charge on any atom is -0.396 e. The van der Waals surface area contributed by atoms with E-state index in [4.69, 9.17) is 11.6 Å². The summed E-state index contributed by atoms with van der Waals surface area (Å²) in [6.07, 6.45) is 1.62. The van der Waals surface area contributed by atoms with Gasteiger partial charge in [-0.1, -0.05) is 0 Å². The Morgan fingerprint density at radius 1 is 1.56 bits per heavy atom. The van der Waals surface area contributed by atoms with Gasteiger partial charge in [-0.25, -0.2) is 10.8 Å². The summed E-state index contributed by atoms with van der Waals surface area (Å²) in [5.41, 5.74) is 8.34. The van der Waals surface area contributed by atoms with E-state index in [9.17, 15) is 0 Å². The van der Waals surface area contributed by atoms with Gasteiger partial charge >= 0.3 is 0 Å². The monoisotopic (exact) mass is 124 g/mol. The molecule has 0 saturated carbocycles. The average molecular weight is 124 g/mol. The Bertz CT molecular complexity index is 198. The van der Waals surface area contributed by atoms with Crippen molar-refractivity contribution in [1.29, 1.82) is 0 Å². The zero-order chi connectivity index (χ0) is 6.69. The number of anilines is 2. The van der Waals surface area contributed by atoms with Crippen LogP contribution in [-0.4, -0.2) is 4.98 Å². The van der Waals surface area contributed by atoms with Crippen molar-refractivity contribution in [2.45, 2.75) is 0 Å². The second-order valence-electron chi connectivity index (χ2n) is 1.59. The molecule has 0 bridgehead atoms. The fraction of sp³-hybridized carbons (Fsp3) is 0. The van der Waals surface area contributed by atoms with E-state index in [1.54, 1.807) is 18.3 Å². The van der Waals surface area contributed by atoms with Gasteiger partial charge in [-0.15, -0.1) is 0 Å². The molecule has 0 aromatic carbocycles. The maximum absolute atomic E-state index is 5.43. The number of rotatable bonds is 1. The Balaban J connectivity index is 3.01. The molecule has 4 nitrogen and oxygen atoms in total. The lowest BCUT2D eigenvalue weighted by Gasteiger charge is -1.99. The predicted molar refractivity (Wildman–Crippen MR) is 36.5 cm³/mol. The minimum absolute atomic E-state index is 0.512. The summed E-state index contributed by atoms with van der Waals surface area (Å²) in [4.78, 5) is 3.84. The van der Waals surface area contributed by atoms with Crippen molar-refractivity contribution in [2.75, 3.05) is 11.2 Å². The Labute approximate surface area is 52.9 Å². The lowest BCUT2D eigenvalue weighted by Crippen LogP contribution is -2.10. The first-order valence-corrected chi connectivity index (χ1v) is 2.51. The first kappa shape index (κ1) is 5.84. The SMILES string of the molecule is NNc1ncccc1N. The number of hydrogen-bond acceptors (Lipinski definition) is 4. The van der Waals surface area contributed by atoms with E-state index in [1.807, 2.05) is 0 Å². The van der Waals surface area contributed by atoms with Crippen LogP contribution in [0.25, 0.3) is 0 Å². The van der Waals surface area contributed by atoms with Gasteiger partial charge in [0, 0.05) is 6.20 Å². The molecule has 0 saturated heterocycles. The van der Waals surface area contributed by atoms with E-state index in [0.29, 0.717) is 11.5 Å². The van der Waals surface area contributed by atoms with Crippen molar-refractivity contribution < 1.29 is 0 Å². The van der Waals surface area contributed by atoms with Crippen LogP contribution in [0.1, 0.15) is 0 Å². The van der Waals surface area contributed by atoms with E-state index in [2.05, 4.69) is 10.4 Å². The van der Waals surface area contributed by atoms with E-state index in [0.717, 1.165) is 0 Å². The smallest absolute Gasteiger partial charge is 0.163 e. The molecule has 0 aliphatic heterocycles. The number of pyridine rings is 1. The van der Waals surface area contributed by atoms with E-state index < -0.39 is 0 Å². The van der Waals surface area contributed by atoms with Crippen molar-refractivity contribution in [3.63, 3.8) is 0 Å². The van der Waals surface area contributed by atoms with Gasteiger partial charge in [0.25, 0.3) is 0 Å². The molecule has 1 aromatic rings. The summed E-state index contributed by atoms with van der Waals surface area (Å²) in [7, 11) is 0. The van der Waals surface area contributed by atoms with Crippen molar-refractivity contribution in [2.24, 2.45) is 5.84 Å². The maximum Gasteiger partial charge on any atom is 0.163 e. The van der Waals surface area contributed by atoms with Crippen molar-refractivity contribution in [1.82, 2.24) is 4.98 Å². The van der Waals surface area contributed by atoms with Crippen LogP contribution >= 0.6 is 0 Å². The molecule has 0 aliphatic rings. The molecule has 1 heterocycles. The molecular weight excluding hydrogens is 116 g/mol. The standard InChI is InChI=1S/C5H8N4/c6-4-2-1-3-8-5(4)9-7/h1-3H,6-7H2,(H,8,9). The Morgan fingerprint density at radius 3 is 2.78 bits per heavy atom. The van der Waals surface area contributed by atoms with Crippen LogP contribution < -0.4 is 17.0 Å². The first-order valence-electron chi connectivity index (χ1n) is 2.51. The average Bonchev–Trinajstić information content (AvgIpc) is 1.89. The normalized spacial score (nSPS) is 9.00. The van der Waals surface area contributed by atoms with E-state index in [1.165, 1.54) is 0 Å². The van der Waals surface area contributed by atoms with Crippen LogP contribution in [0.4, 0.5) is 11.5 Å². The van der Waals surface area contributed by atoms with Crippen LogP contribution in [0.3, 0.4) is 0 Å². The molecule has 1 rings (SSSR count). The lowest BCUT2D eigenvalue weighted by atomic mass is 10.4. The minimum atomic E-state index is 0.512. The van der Waals surface area contributed by atoms with Gasteiger partial charge in [-0.05, 0) is 12.1 Å². The largest absolute Gasteiger partial charge is 0.396 e. The molecule has 0 unspecified atom stereocenters. The number of nitrogens with zero attached hydrogens (tertiary/aromatic N) is 1. The highest BCUT2D eigenvalue weighted by atomic mass is 15.3. The Hall–Kier alpha value is -1.29. The van der Waals surface area contributed by atoms with Gasteiger partial charge in [-0.2, -0.15) is 0 Å². The number of hydrogen-bond donors (Lipinski definition) is 3. The van der Waals surface area contributed by atoms with Gasteiger partial charge in [-0.3, -0.25) is 0 Å². The summed E-state index contributed by atoms with van der Waals surface area (Å²) in [5.74, 6) is 5.57. The zero-order valence-electron chi connectivity index (χ0n) is 4.83. The molecule has 1 aromatic heterocycles. The molecule has 48 valence electrons. The van der Waals surface area contributed by atoms with Crippen LogP contribution in [0.5, 0.6) is 0 Å². The molecule has 0 fully saturated rings. The summed E-state index contributed by atoms with van der Waals surface area (Å²) < 4.78 is 0. The van der Waals surface area contributed by atoms with Gasteiger partial charge in [0.05, 0.1) is 5.69 Å². The number of aromatic nitrogens is 1. The van der Waals surface area contributed by atoms with Crippen LogP contribution in [0.2, 0.25) is 0 Å². The molecule has 0 aliphatic carbocycles. The summed E-state index contributed by atoms with van der Waals surface area (Å²) >= 11 is 0. The number of hydrazine groups is 1. The number of nitrogens with two attached hydrogens (primary N) is 2.